The molecule has 4 aromatic rings. The molecule has 3 heterocycles. The largest absolute Gasteiger partial charge is 0.491 e. The van der Waals surface area contributed by atoms with E-state index in [1.807, 2.05) is 13.0 Å². The fourth-order valence-corrected chi connectivity index (χ4v) is 3.37. The molecule has 0 radical (unpaired) electrons. The smallest absolute Gasteiger partial charge is 0.275 e. The Balaban J connectivity index is 1.58. The zero-order valence-electron chi connectivity index (χ0n) is 19.0. The number of benzene rings is 1. The lowest BCUT2D eigenvalue weighted by molar-refractivity contribution is 0.0796. The predicted molar refractivity (Wildman–Crippen MR) is 124 cm³/mol. The van der Waals surface area contributed by atoms with E-state index in [1.54, 1.807) is 55.2 Å². The summed E-state index contributed by atoms with van der Waals surface area (Å²) in [5.74, 6) is 0.394. The quantitative estimate of drug-likeness (QED) is 0.429. The van der Waals surface area contributed by atoms with Gasteiger partial charge in [-0.15, -0.1) is 0 Å². The molecule has 1 N–H and O–H groups in total. The van der Waals surface area contributed by atoms with Gasteiger partial charge < -0.3 is 15.0 Å². The molecule has 0 aliphatic heterocycles. The van der Waals surface area contributed by atoms with Crippen LogP contribution in [-0.2, 0) is 7.05 Å². The van der Waals surface area contributed by atoms with Crippen LogP contribution >= 0.6 is 0 Å². The van der Waals surface area contributed by atoms with Gasteiger partial charge in [0, 0.05) is 38.6 Å². The van der Waals surface area contributed by atoms with E-state index >= 15 is 0 Å². The van der Waals surface area contributed by atoms with E-state index in [9.17, 15) is 14.0 Å². The topological polar surface area (TPSA) is 107 Å². The molecule has 34 heavy (non-hydrogen) atoms. The van der Waals surface area contributed by atoms with E-state index in [-0.39, 0.29) is 29.6 Å². The lowest BCUT2D eigenvalue weighted by atomic mass is 10.1. The lowest BCUT2D eigenvalue weighted by Crippen LogP contribution is -2.29. The maximum atomic E-state index is 13.0. The standard InChI is InChI=1S/C23H24FN7O3/c1-4-29(2)22(33)17-13-25-30(3)20(17)21(32)27-19-8-10-31-14-18(26-23(31)28-19)15-6-5-7-16(12-15)34-11-9-24/h5-8,10,12-14H,4,9,11H2,1-3H3,(H,26,27,28,32). The minimum absolute atomic E-state index is 0.0159. The Morgan fingerprint density at radius 3 is 2.82 bits per heavy atom. The van der Waals surface area contributed by atoms with Crippen molar-refractivity contribution >= 4 is 23.4 Å². The Morgan fingerprint density at radius 1 is 1.24 bits per heavy atom. The van der Waals surface area contributed by atoms with E-state index in [0.717, 1.165) is 5.56 Å². The molecule has 3 aromatic heterocycles. The second-order valence-electron chi connectivity index (χ2n) is 7.52. The van der Waals surface area contributed by atoms with Crippen molar-refractivity contribution in [1.82, 2.24) is 29.0 Å². The first-order chi connectivity index (χ1) is 16.4. The third-order valence-corrected chi connectivity index (χ3v) is 5.25. The molecule has 11 heteroatoms. The van der Waals surface area contributed by atoms with Gasteiger partial charge in [0.05, 0.1) is 17.5 Å². The van der Waals surface area contributed by atoms with Gasteiger partial charge in [0.1, 0.15) is 30.5 Å². The molecule has 1 aromatic carbocycles. The van der Waals surface area contributed by atoms with E-state index in [1.165, 1.54) is 15.8 Å². The number of hydrogen-bond acceptors (Lipinski definition) is 6. The highest BCUT2D eigenvalue weighted by Crippen LogP contribution is 2.24. The number of hydrogen-bond donors (Lipinski definition) is 1. The van der Waals surface area contributed by atoms with Crippen molar-refractivity contribution < 1.29 is 18.7 Å². The van der Waals surface area contributed by atoms with E-state index in [0.29, 0.717) is 23.8 Å². The Bertz CT molecular complexity index is 1350. The third kappa shape index (κ3) is 4.58. The van der Waals surface area contributed by atoms with Gasteiger partial charge in [0.25, 0.3) is 11.8 Å². The number of aryl methyl sites for hydroxylation is 1. The maximum absolute atomic E-state index is 13.0. The first-order valence-corrected chi connectivity index (χ1v) is 10.6. The predicted octanol–water partition coefficient (Wildman–Crippen LogP) is 2.82. The Morgan fingerprint density at radius 2 is 2.06 bits per heavy atom. The molecule has 10 nitrogen and oxygen atoms in total. The van der Waals surface area contributed by atoms with Crippen LogP contribution in [0.4, 0.5) is 10.2 Å². The normalized spacial score (nSPS) is 10.9. The van der Waals surface area contributed by atoms with Crippen LogP contribution in [0.3, 0.4) is 0 Å². The van der Waals surface area contributed by atoms with Crippen molar-refractivity contribution in [3.05, 3.63) is 60.2 Å². The molecule has 2 amide bonds. The summed E-state index contributed by atoms with van der Waals surface area (Å²) in [5.41, 5.74) is 1.78. The fourth-order valence-electron chi connectivity index (χ4n) is 3.37. The highest BCUT2D eigenvalue weighted by Gasteiger charge is 2.24. The van der Waals surface area contributed by atoms with Crippen molar-refractivity contribution in [3.63, 3.8) is 0 Å². The zero-order chi connectivity index (χ0) is 24.2. The first kappa shape index (κ1) is 22.9. The molecule has 0 saturated heterocycles. The molecule has 0 aliphatic rings. The Kier molecular flexibility index (Phi) is 6.53. The Labute approximate surface area is 195 Å². The second-order valence-corrected chi connectivity index (χ2v) is 7.52. The number of rotatable bonds is 8. The monoisotopic (exact) mass is 465 g/mol. The second kappa shape index (κ2) is 9.69. The van der Waals surface area contributed by atoms with Crippen molar-refractivity contribution in [3.8, 4) is 17.0 Å². The highest BCUT2D eigenvalue weighted by atomic mass is 19.1. The van der Waals surface area contributed by atoms with Gasteiger partial charge in [0.15, 0.2) is 0 Å². The van der Waals surface area contributed by atoms with Gasteiger partial charge >= 0.3 is 0 Å². The summed E-state index contributed by atoms with van der Waals surface area (Å²) in [4.78, 5) is 36.0. The Hall–Kier alpha value is -4.28. The summed E-state index contributed by atoms with van der Waals surface area (Å²) < 4.78 is 20.8. The number of carbonyl (C=O) groups excluding carboxylic acids is 2. The number of imidazole rings is 1. The molecule has 0 atom stereocenters. The summed E-state index contributed by atoms with van der Waals surface area (Å²) in [6.45, 7) is 1.76. The van der Waals surface area contributed by atoms with E-state index in [2.05, 4.69) is 20.4 Å². The summed E-state index contributed by atoms with van der Waals surface area (Å²) >= 11 is 0. The van der Waals surface area contributed by atoms with Gasteiger partial charge in [-0.25, -0.2) is 9.37 Å². The summed E-state index contributed by atoms with van der Waals surface area (Å²) in [5, 5.41) is 6.79. The molecule has 0 aliphatic carbocycles. The van der Waals surface area contributed by atoms with Gasteiger partial charge in [-0.2, -0.15) is 10.1 Å². The summed E-state index contributed by atoms with van der Waals surface area (Å²) in [6, 6.07) is 8.81. The molecule has 0 bridgehead atoms. The van der Waals surface area contributed by atoms with Crippen LogP contribution in [0.5, 0.6) is 5.75 Å². The molecule has 176 valence electrons. The maximum Gasteiger partial charge on any atom is 0.275 e. The number of nitrogens with zero attached hydrogens (tertiary/aromatic N) is 6. The minimum Gasteiger partial charge on any atom is -0.491 e. The third-order valence-electron chi connectivity index (χ3n) is 5.25. The minimum atomic E-state index is -0.569. The highest BCUT2D eigenvalue weighted by molar-refractivity contribution is 6.10. The van der Waals surface area contributed by atoms with E-state index in [4.69, 9.17) is 4.74 Å². The van der Waals surface area contributed by atoms with Gasteiger partial charge in [-0.1, -0.05) is 12.1 Å². The van der Waals surface area contributed by atoms with Crippen LogP contribution in [0, 0.1) is 0 Å². The molecule has 0 saturated carbocycles. The molecule has 0 fully saturated rings. The number of aromatic nitrogens is 5. The summed E-state index contributed by atoms with van der Waals surface area (Å²) in [6.07, 6.45) is 4.89. The molecule has 0 unspecified atom stereocenters. The number of anilines is 1. The summed E-state index contributed by atoms with van der Waals surface area (Å²) in [7, 11) is 3.26. The molecular formula is C23H24FN7O3. The number of fused-ring (bicyclic) bond motifs is 1. The van der Waals surface area contributed by atoms with Crippen molar-refractivity contribution in [2.45, 2.75) is 6.92 Å². The number of halogens is 1. The molecule has 0 spiro atoms. The number of carbonyl (C=O) groups is 2. The van der Waals surface area contributed by atoms with Crippen molar-refractivity contribution in [2.75, 3.05) is 32.2 Å². The fraction of sp³-hybridized carbons (Fsp3) is 0.261. The van der Waals surface area contributed by atoms with Crippen molar-refractivity contribution in [2.24, 2.45) is 7.05 Å². The first-order valence-electron chi connectivity index (χ1n) is 10.6. The molecular weight excluding hydrogens is 441 g/mol. The number of alkyl halides is 1. The van der Waals surface area contributed by atoms with E-state index < -0.39 is 12.6 Å². The van der Waals surface area contributed by atoms with Gasteiger partial charge in [-0.3, -0.25) is 18.7 Å². The zero-order valence-corrected chi connectivity index (χ0v) is 19.0. The van der Waals surface area contributed by atoms with Crippen molar-refractivity contribution in [1.29, 1.82) is 0 Å². The van der Waals surface area contributed by atoms with Crippen LogP contribution in [0.1, 0.15) is 27.8 Å². The number of amides is 2. The van der Waals surface area contributed by atoms with Crippen LogP contribution in [0.2, 0.25) is 0 Å². The average Bonchev–Trinajstić information content (AvgIpc) is 3.45. The van der Waals surface area contributed by atoms with Crippen LogP contribution in [-0.4, -0.2) is 67.7 Å². The van der Waals surface area contributed by atoms with Crippen LogP contribution in [0.15, 0.2) is 48.9 Å². The molecule has 4 rings (SSSR count). The van der Waals surface area contributed by atoms with Crippen LogP contribution < -0.4 is 10.1 Å². The number of ether oxygens (including phenoxy) is 1. The lowest BCUT2D eigenvalue weighted by Gasteiger charge is -2.14. The average molecular weight is 465 g/mol. The van der Waals surface area contributed by atoms with Crippen LogP contribution in [0.25, 0.3) is 17.0 Å². The SMILES string of the molecule is CCN(C)C(=O)c1cnn(C)c1C(=O)Nc1ccn2cc(-c3cccc(OCCF)c3)nc2n1. The van der Waals surface area contributed by atoms with Gasteiger partial charge in [-0.05, 0) is 25.1 Å². The number of nitrogens with one attached hydrogen (secondary N) is 1. The van der Waals surface area contributed by atoms with Gasteiger partial charge in [0.2, 0.25) is 5.78 Å².